The molecule has 4 nitrogen and oxygen atoms in total. The Bertz CT molecular complexity index is 455. The van der Waals surface area contributed by atoms with Crippen molar-refractivity contribution in [1.82, 2.24) is 10.3 Å². The van der Waals surface area contributed by atoms with E-state index >= 15 is 0 Å². The number of nitriles is 1. The molecule has 1 fully saturated rings. The van der Waals surface area contributed by atoms with Gasteiger partial charge in [-0.15, -0.1) is 0 Å². The predicted molar refractivity (Wildman–Crippen MR) is 72.4 cm³/mol. The van der Waals surface area contributed by atoms with Crippen molar-refractivity contribution in [3.05, 3.63) is 23.4 Å². The van der Waals surface area contributed by atoms with E-state index in [9.17, 15) is 0 Å². The number of hydrogen-bond donors (Lipinski definition) is 2. The van der Waals surface area contributed by atoms with Crippen LogP contribution in [0.4, 0.5) is 5.82 Å². The Labute approximate surface area is 108 Å². The standard InChI is InChI=1S/C14H20N4/c1-11-3-6-17-13(12(11)9-15)18-10-14(2)4-7-16-8-5-14/h3,6,16H,4-5,7-8,10H2,1-2H3,(H,17,18). The fraction of sp³-hybridized carbons (Fsp3) is 0.571. The minimum absolute atomic E-state index is 0.295. The van der Waals surface area contributed by atoms with E-state index in [4.69, 9.17) is 5.26 Å². The van der Waals surface area contributed by atoms with Gasteiger partial charge in [0.05, 0.1) is 5.56 Å². The lowest BCUT2D eigenvalue weighted by Gasteiger charge is -2.34. The van der Waals surface area contributed by atoms with Crippen LogP contribution in [-0.2, 0) is 0 Å². The monoisotopic (exact) mass is 244 g/mol. The van der Waals surface area contributed by atoms with Crippen LogP contribution in [0, 0.1) is 23.7 Å². The van der Waals surface area contributed by atoms with Crippen LogP contribution in [0.1, 0.15) is 30.9 Å². The van der Waals surface area contributed by atoms with E-state index in [1.54, 1.807) is 6.20 Å². The average Bonchev–Trinajstić information content (AvgIpc) is 2.37. The van der Waals surface area contributed by atoms with Gasteiger partial charge in [0.25, 0.3) is 0 Å². The molecule has 0 atom stereocenters. The smallest absolute Gasteiger partial charge is 0.144 e. The SMILES string of the molecule is Cc1ccnc(NCC2(C)CCNCC2)c1C#N. The molecule has 1 aliphatic rings. The Morgan fingerprint density at radius 2 is 2.22 bits per heavy atom. The summed E-state index contributed by atoms with van der Waals surface area (Å²) in [4.78, 5) is 4.28. The molecule has 0 aliphatic carbocycles. The summed E-state index contributed by atoms with van der Waals surface area (Å²) in [5, 5.41) is 15.9. The van der Waals surface area contributed by atoms with Crippen molar-refractivity contribution in [2.24, 2.45) is 5.41 Å². The van der Waals surface area contributed by atoms with Gasteiger partial charge in [-0.2, -0.15) is 5.26 Å². The van der Waals surface area contributed by atoms with Crippen LogP contribution in [0.5, 0.6) is 0 Å². The molecule has 1 aromatic heterocycles. The van der Waals surface area contributed by atoms with Gasteiger partial charge in [-0.05, 0) is 49.9 Å². The lowest BCUT2D eigenvalue weighted by atomic mass is 9.81. The van der Waals surface area contributed by atoms with E-state index < -0.39 is 0 Å². The van der Waals surface area contributed by atoms with E-state index in [0.29, 0.717) is 11.0 Å². The van der Waals surface area contributed by atoms with Crippen LogP contribution in [0.3, 0.4) is 0 Å². The van der Waals surface area contributed by atoms with Gasteiger partial charge in [0.15, 0.2) is 0 Å². The third-order valence-electron chi connectivity index (χ3n) is 3.76. The van der Waals surface area contributed by atoms with Crippen molar-refractivity contribution in [2.75, 3.05) is 25.0 Å². The normalized spacial score (nSPS) is 18.1. The number of anilines is 1. The van der Waals surface area contributed by atoms with Gasteiger partial charge in [-0.3, -0.25) is 0 Å². The Hall–Kier alpha value is -1.60. The first-order valence-corrected chi connectivity index (χ1v) is 6.45. The number of nitrogens with zero attached hydrogens (tertiary/aromatic N) is 2. The number of pyridine rings is 1. The van der Waals surface area contributed by atoms with Gasteiger partial charge in [0.2, 0.25) is 0 Å². The Morgan fingerprint density at radius 1 is 1.50 bits per heavy atom. The van der Waals surface area contributed by atoms with Gasteiger partial charge in [0, 0.05) is 12.7 Å². The van der Waals surface area contributed by atoms with E-state index in [2.05, 4.69) is 28.6 Å². The maximum absolute atomic E-state index is 9.16. The zero-order valence-corrected chi connectivity index (χ0v) is 11.1. The van der Waals surface area contributed by atoms with Crippen LogP contribution in [0.15, 0.2) is 12.3 Å². The quantitative estimate of drug-likeness (QED) is 0.854. The third kappa shape index (κ3) is 2.80. The molecule has 2 N–H and O–H groups in total. The molecule has 1 aromatic rings. The lowest BCUT2D eigenvalue weighted by Crippen LogP contribution is -2.39. The lowest BCUT2D eigenvalue weighted by molar-refractivity contribution is 0.247. The van der Waals surface area contributed by atoms with Crippen LogP contribution in [-0.4, -0.2) is 24.6 Å². The van der Waals surface area contributed by atoms with Gasteiger partial charge in [-0.25, -0.2) is 4.98 Å². The summed E-state index contributed by atoms with van der Waals surface area (Å²) in [6.45, 7) is 7.26. The molecule has 0 bridgehead atoms. The minimum atomic E-state index is 0.295. The second-order valence-corrected chi connectivity index (χ2v) is 5.38. The summed E-state index contributed by atoms with van der Waals surface area (Å²) in [7, 11) is 0. The maximum atomic E-state index is 9.16. The van der Waals surface area contributed by atoms with Crippen LogP contribution in [0.25, 0.3) is 0 Å². The van der Waals surface area contributed by atoms with Crippen LogP contribution in [0.2, 0.25) is 0 Å². The summed E-state index contributed by atoms with van der Waals surface area (Å²) >= 11 is 0. The first kappa shape index (κ1) is 12.8. The molecule has 0 saturated carbocycles. The zero-order chi connectivity index (χ0) is 13.0. The number of hydrogen-bond acceptors (Lipinski definition) is 4. The summed E-state index contributed by atoms with van der Waals surface area (Å²) in [6.07, 6.45) is 4.07. The molecule has 2 heterocycles. The minimum Gasteiger partial charge on any atom is -0.368 e. The number of nitrogens with one attached hydrogen (secondary N) is 2. The molecule has 0 aromatic carbocycles. The molecule has 0 spiro atoms. The molecule has 0 radical (unpaired) electrons. The van der Waals surface area contributed by atoms with Crippen molar-refractivity contribution in [2.45, 2.75) is 26.7 Å². The first-order valence-electron chi connectivity index (χ1n) is 6.45. The van der Waals surface area contributed by atoms with Gasteiger partial charge in [-0.1, -0.05) is 6.92 Å². The van der Waals surface area contributed by atoms with Gasteiger partial charge in [0.1, 0.15) is 11.9 Å². The number of aromatic nitrogens is 1. The van der Waals surface area contributed by atoms with E-state index in [-0.39, 0.29) is 0 Å². The molecule has 0 unspecified atom stereocenters. The van der Waals surface area contributed by atoms with E-state index in [1.165, 1.54) is 0 Å². The molecule has 1 aliphatic heterocycles. The fourth-order valence-electron chi connectivity index (χ4n) is 2.34. The zero-order valence-electron chi connectivity index (χ0n) is 11.1. The molecule has 0 amide bonds. The summed E-state index contributed by atoms with van der Waals surface area (Å²) in [6, 6.07) is 4.10. The number of aryl methyl sites for hydroxylation is 1. The van der Waals surface area contributed by atoms with Crippen molar-refractivity contribution >= 4 is 5.82 Å². The average molecular weight is 244 g/mol. The Kier molecular flexibility index (Phi) is 3.83. The number of rotatable bonds is 3. The first-order chi connectivity index (χ1) is 8.64. The van der Waals surface area contributed by atoms with Crippen molar-refractivity contribution in [3.63, 3.8) is 0 Å². The highest BCUT2D eigenvalue weighted by Gasteiger charge is 2.26. The van der Waals surface area contributed by atoms with Crippen molar-refractivity contribution in [1.29, 1.82) is 5.26 Å². The fourth-order valence-corrected chi connectivity index (χ4v) is 2.34. The molecular formula is C14H20N4. The molecule has 4 heteroatoms. The van der Waals surface area contributed by atoms with E-state index in [1.807, 2.05) is 13.0 Å². The highest BCUT2D eigenvalue weighted by molar-refractivity contribution is 5.55. The Balaban J connectivity index is 2.06. The van der Waals surface area contributed by atoms with Crippen molar-refractivity contribution < 1.29 is 0 Å². The maximum Gasteiger partial charge on any atom is 0.144 e. The largest absolute Gasteiger partial charge is 0.368 e. The summed E-state index contributed by atoms with van der Waals surface area (Å²) in [5.74, 6) is 0.720. The molecular weight excluding hydrogens is 224 g/mol. The van der Waals surface area contributed by atoms with Gasteiger partial charge >= 0.3 is 0 Å². The topological polar surface area (TPSA) is 60.7 Å². The van der Waals surface area contributed by atoms with Gasteiger partial charge < -0.3 is 10.6 Å². The highest BCUT2D eigenvalue weighted by atomic mass is 15.0. The van der Waals surface area contributed by atoms with Crippen molar-refractivity contribution in [3.8, 4) is 6.07 Å². The Morgan fingerprint density at radius 3 is 2.89 bits per heavy atom. The molecule has 1 saturated heterocycles. The van der Waals surface area contributed by atoms with E-state index in [0.717, 1.165) is 43.9 Å². The summed E-state index contributed by atoms with van der Waals surface area (Å²) < 4.78 is 0. The van der Waals surface area contributed by atoms with Crippen LogP contribution >= 0.6 is 0 Å². The van der Waals surface area contributed by atoms with Crippen LogP contribution < -0.4 is 10.6 Å². The second-order valence-electron chi connectivity index (χ2n) is 5.38. The number of piperidine rings is 1. The highest BCUT2D eigenvalue weighted by Crippen LogP contribution is 2.28. The molecule has 18 heavy (non-hydrogen) atoms. The molecule has 96 valence electrons. The second kappa shape index (κ2) is 5.36. The summed E-state index contributed by atoms with van der Waals surface area (Å²) in [5.41, 5.74) is 1.93. The third-order valence-corrected chi connectivity index (χ3v) is 3.76. The molecule has 2 rings (SSSR count). The predicted octanol–water partition coefficient (Wildman–Crippen LogP) is 2.06.